The van der Waals surface area contributed by atoms with Gasteiger partial charge in [-0.1, -0.05) is 12.1 Å². The number of hydrogen-bond donors (Lipinski definition) is 0. The third-order valence-electron chi connectivity index (χ3n) is 6.08. The number of hydroxylamine groups is 2. The molecule has 156 valence electrons. The van der Waals surface area contributed by atoms with Gasteiger partial charge in [-0.25, -0.2) is 4.79 Å². The Kier molecular flexibility index (Phi) is 5.71. The van der Waals surface area contributed by atoms with Gasteiger partial charge in [0.15, 0.2) is 0 Å². The molecule has 1 aromatic rings. The highest BCUT2D eigenvalue weighted by atomic mass is 16.7. The maximum atomic E-state index is 12.3. The van der Waals surface area contributed by atoms with E-state index in [9.17, 15) is 14.4 Å². The highest BCUT2D eigenvalue weighted by Gasteiger charge is 2.34. The summed E-state index contributed by atoms with van der Waals surface area (Å²) in [6.07, 6.45) is 2.08. The molecule has 3 heterocycles. The largest absolute Gasteiger partial charge is 0.434 e. The lowest BCUT2D eigenvalue weighted by Crippen LogP contribution is -2.50. The zero-order valence-corrected chi connectivity index (χ0v) is 16.9. The van der Waals surface area contributed by atoms with E-state index in [1.54, 1.807) is 4.90 Å². The molecule has 0 unspecified atom stereocenters. The van der Waals surface area contributed by atoms with E-state index in [-0.39, 0.29) is 13.0 Å². The molecule has 0 aromatic heterocycles. The average molecular weight is 400 g/mol. The molecular formula is C21H28N4O4. The van der Waals surface area contributed by atoms with Crippen molar-refractivity contribution in [1.29, 1.82) is 0 Å². The lowest BCUT2D eigenvalue weighted by molar-refractivity contribution is -0.164. The van der Waals surface area contributed by atoms with Gasteiger partial charge in [-0.3, -0.25) is 14.5 Å². The highest BCUT2D eigenvalue weighted by molar-refractivity contribution is 6.37. The van der Waals surface area contributed by atoms with E-state index < -0.39 is 17.8 Å². The molecule has 0 bridgehead atoms. The minimum absolute atomic E-state index is 0.107. The Morgan fingerprint density at radius 2 is 1.72 bits per heavy atom. The number of rotatable bonds is 4. The summed E-state index contributed by atoms with van der Waals surface area (Å²) in [5.74, 6) is -1.24. The van der Waals surface area contributed by atoms with E-state index in [0.717, 1.165) is 37.8 Å². The van der Waals surface area contributed by atoms with Gasteiger partial charge in [0.25, 0.3) is 0 Å². The van der Waals surface area contributed by atoms with Crippen molar-refractivity contribution in [2.24, 2.45) is 0 Å². The van der Waals surface area contributed by atoms with Crippen LogP contribution < -0.4 is 4.90 Å². The third kappa shape index (κ3) is 4.22. The van der Waals surface area contributed by atoms with Gasteiger partial charge >= 0.3 is 12.0 Å². The molecule has 8 heteroatoms. The molecule has 0 N–H and O–H groups in total. The fourth-order valence-electron chi connectivity index (χ4n) is 4.26. The zero-order valence-electron chi connectivity index (χ0n) is 16.9. The molecule has 1 aromatic carbocycles. The van der Waals surface area contributed by atoms with Crippen molar-refractivity contribution in [2.45, 2.75) is 32.7 Å². The Labute approximate surface area is 170 Å². The second kappa shape index (κ2) is 8.41. The Hall–Kier alpha value is -2.61. The Balaban J connectivity index is 1.30. The van der Waals surface area contributed by atoms with Crippen LogP contribution in [0.4, 0.5) is 10.5 Å². The summed E-state index contributed by atoms with van der Waals surface area (Å²) in [5, 5.41) is 0.879. The van der Waals surface area contributed by atoms with Crippen molar-refractivity contribution in [2.75, 3.05) is 50.7 Å². The Bertz CT molecular complexity index is 798. The first kappa shape index (κ1) is 19.7. The minimum Gasteiger partial charge on any atom is -0.371 e. The molecule has 3 aliphatic heterocycles. The van der Waals surface area contributed by atoms with E-state index in [0.29, 0.717) is 13.1 Å². The van der Waals surface area contributed by atoms with Crippen molar-refractivity contribution in [3.63, 3.8) is 0 Å². The van der Waals surface area contributed by atoms with Crippen LogP contribution in [0.15, 0.2) is 18.2 Å². The smallest absolute Gasteiger partial charge is 0.371 e. The van der Waals surface area contributed by atoms with Gasteiger partial charge in [-0.2, -0.15) is 5.06 Å². The standard InChI is InChI=1S/C21H28N4O4/c1-16-17(5-4-6-18(16)23-8-2-3-9-23)15-22-11-13-24(14-12-22)21(28)29-25-10-7-19(26)20(25)27/h4-6H,2-3,7-15H2,1H3. The van der Waals surface area contributed by atoms with Gasteiger partial charge in [0.05, 0.1) is 6.54 Å². The fraction of sp³-hybridized carbons (Fsp3) is 0.571. The second-order valence-electron chi connectivity index (χ2n) is 7.96. The summed E-state index contributed by atoms with van der Waals surface area (Å²) < 4.78 is 0. The van der Waals surface area contributed by atoms with E-state index in [4.69, 9.17) is 4.84 Å². The van der Waals surface area contributed by atoms with Crippen LogP contribution in [0.2, 0.25) is 0 Å². The molecule has 3 fully saturated rings. The lowest BCUT2D eigenvalue weighted by atomic mass is 10.0. The van der Waals surface area contributed by atoms with E-state index in [1.165, 1.54) is 29.7 Å². The molecule has 8 nitrogen and oxygen atoms in total. The number of amides is 2. The molecule has 0 spiro atoms. The number of nitrogens with zero attached hydrogens (tertiary/aromatic N) is 4. The van der Waals surface area contributed by atoms with Crippen molar-refractivity contribution in [3.05, 3.63) is 29.3 Å². The number of benzene rings is 1. The molecule has 0 radical (unpaired) electrons. The van der Waals surface area contributed by atoms with Gasteiger partial charge in [0.2, 0.25) is 5.78 Å². The minimum atomic E-state index is -0.731. The van der Waals surface area contributed by atoms with Crippen LogP contribution >= 0.6 is 0 Å². The molecule has 29 heavy (non-hydrogen) atoms. The molecule has 4 rings (SSSR count). The zero-order chi connectivity index (χ0) is 20.4. The number of Topliss-reactive ketones (excluding diaryl/α,β-unsaturated/α-hetero) is 1. The van der Waals surface area contributed by atoms with E-state index in [2.05, 4.69) is 34.9 Å². The quantitative estimate of drug-likeness (QED) is 0.715. The van der Waals surface area contributed by atoms with Crippen LogP contribution in [0.5, 0.6) is 0 Å². The maximum Gasteiger partial charge on any atom is 0.434 e. The van der Waals surface area contributed by atoms with Crippen LogP contribution in [0.25, 0.3) is 0 Å². The van der Waals surface area contributed by atoms with Gasteiger partial charge in [-0.05, 0) is 37.0 Å². The number of piperazine rings is 1. The van der Waals surface area contributed by atoms with Gasteiger partial charge < -0.3 is 14.6 Å². The monoisotopic (exact) mass is 400 g/mol. The number of anilines is 1. The number of ketones is 1. The summed E-state index contributed by atoms with van der Waals surface area (Å²) in [6, 6.07) is 6.53. The van der Waals surface area contributed by atoms with Crippen molar-refractivity contribution < 1.29 is 19.2 Å². The second-order valence-corrected chi connectivity index (χ2v) is 7.96. The predicted molar refractivity (Wildman–Crippen MR) is 107 cm³/mol. The van der Waals surface area contributed by atoms with Gasteiger partial charge in [0, 0.05) is 57.9 Å². The van der Waals surface area contributed by atoms with Gasteiger partial charge in [0.1, 0.15) is 0 Å². The summed E-state index contributed by atoms with van der Waals surface area (Å²) >= 11 is 0. The third-order valence-corrected chi connectivity index (χ3v) is 6.08. The first-order valence-corrected chi connectivity index (χ1v) is 10.4. The van der Waals surface area contributed by atoms with Gasteiger partial charge in [-0.15, -0.1) is 0 Å². The SMILES string of the molecule is Cc1c(CN2CCN(C(=O)ON3CCC(=O)C3=O)CC2)cccc1N1CCCC1. The van der Waals surface area contributed by atoms with Crippen molar-refractivity contribution >= 4 is 23.5 Å². The summed E-state index contributed by atoms with van der Waals surface area (Å²) in [6.45, 7) is 8.05. The maximum absolute atomic E-state index is 12.3. The van der Waals surface area contributed by atoms with Crippen LogP contribution in [0.1, 0.15) is 30.4 Å². The normalized spacial score (nSPS) is 20.7. The first-order chi connectivity index (χ1) is 14.0. The van der Waals surface area contributed by atoms with Crippen LogP contribution in [0.3, 0.4) is 0 Å². The van der Waals surface area contributed by atoms with E-state index in [1.807, 2.05) is 0 Å². The van der Waals surface area contributed by atoms with Crippen molar-refractivity contribution in [1.82, 2.24) is 14.9 Å². The number of carbonyl (C=O) groups excluding carboxylic acids is 3. The summed E-state index contributed by atoms with van der Waals surface area (Å²) in [7, 11) is 0. The van der Waals surface area contributed by atoms with E-state index >= 15 is 0 Å². The number of hydrogen-bond acceptors (Lipinski definition) is 6. The topological polar surface area (TPSA) is 73.4 Å². The van der Waals surface area contributed by atoms with Crippen molar-refractivity contribution in [3.8, 4) is 0 Å². The molecule has 0 atom stereocenters. The summed E-state index contributed by atoms with van der Waals surface area (Å²) in [5.41, 5.74) is 4.01. The fourth-order valence-corrected chi connectivity index (χ4v) is 4.26. The predicted octanol–water partition coefficient (Wildman–Crippen LogP) is 1.57. The molecule has 2 amide bonds. The lowest BCUT2D eigenvalue weighted by Gasteiger charge is -2.35. The molecule has 0 saturated carbocycles. The molecular weight excluding hydrogens is 372 g/mol. The Morgan fingerprint density at radius 3 is 2.38 bits per heavy atom. The van der Waals surface area contributed by atoms with Crippen LogP contribution in [-0.2, 0) is 21.0 Å². The van der Waals surface area contributed by atoms with Crippen LogP contribution in [0, 0.1) is 6.92 Å². The first-order valence-electron chi connectivity index (χ1n) is 10.4. The average Bonchev–Trinajstić information content (AvgIpc) is 3.36. The molecule has 3 saturated heterocycles. The Morgan fingerprint density at radius 1 is 1.00 bits per heavy atom. The molecule has 3 aliphatic rings. The highest BCUT2D eigenvalue weighted by Crippen LogP contribution is 2.27. The molecule has 0 aliphatic carbocycles. The van der Waals surface area contributed by atoms with Crippen LogP contribution in [-0.4, -0.2) is 78.5 Å². The number of carbonyl (C=O) groups is 3. The summed E-state index contributed by atoms with van der Waals surface area (Å²) in [4.78, 5) is 46.7.